The van der Waals surface area contributed by atoms with Gasteiger partial charge in [-0.3, -0.25) is 0 Å². The molecule has 0 amide bonds. The number of hydrogen-bond acceptors (Lipinski definition) is 6. The van der Waals surface area contributed by atoms with Gasteiger partial charge in [-0.25, -0.2) is 18.7 Å². The number of thiazole rings is 1. The van der Waals surface area contributed by atoms with Gasteiger partial charge < -0.3 is 15.3 Å². The summed E-state index contributed by atoms with van der Waals surface area (Å²) in [6.07, 6.45) is 1.72. The number of halogens is 3. The van der Waals surface area contributed by atoms with E-state index in [4.69, 9.17) is 5.26 Å². The summed E-state index contributed by atoms with van der Waals surface area (Å²) in [6, 6.07) is 5.37. The number of phenols is 1. The molecule has 0 atom stereocenters. The van der Waals surface area contributed by atoms with Crippen LogP contribution in [-0.2, 0) is 6.54 Å². The van der Waals surface area contributed by atoms with Crippen molar-refractivity contribution in [2.45, 2.75) is 13.5 Å². The van der Waals surface area contributed by atoms with E-state index in [9.17, 15) is 18.3 Å². The Labute approximate surface area is 180 Å². The van der Waals surface area contributed by atoms with E-state index in [1.54, 1.807) is 44.2 Å². The van der Waals surface area contributed by atoms with Crippen molar-refractivity contribution in [1.82, 2.24) is 20.2 Å². The Morgan fingerprint density at radius 1 is 1.23 bits per heavy atom. The van der Waals surface area contributed by atoms with Crippen LogP contribution in [0.2, 0.25) is 0 Å². The standard InChI is InChI=1S/C20H17F3N6OS/c1-10-19(31-15(27-10)8-25-20(26-9-24)29(2)3)14-6-4-5-13(28-14)11-7-12(21)18(30)17(23)16(11)22/h4-7,30H,8H2,1-3H3,(H,25,26). The number of guanidine groups is 1. The SMILES string of the molecule is Cc1nc(CN/C(=N/C#N)N(C)C)sc1-c1cccc(-c2cc(F)c(O)c(F)c2F)n1. The summed E-state index contributed by atoms with van der Waals surface area (Å²) >= 11 is 1.33. The Morgan fingerprint density at radius 3 is 2.61 bits per heavy atom. The molecule has 3 aromatic rings. The molecule has 7 nitrogen and oxygen atoms in total. The topological polar surface area (TPSA) is 97.4 Å². The molecule has 2 aromatic heterocycles. The van der Waals surface area contributed by atoms with Crippen molar-refractivity contribution in [2.75, 3.05) is 14.1 Å². The van der Waals surface area contributed by atoms with Crippen LogP contribution < -0.4 is 5.32 Å². The molecule has 11 heteroatoms. The highest BCUT2D eigenvalue weighted by atomic mass is 32.1. The largest absolute Gasteiger partial charge is 0.503 e. The van der Waals surface area contributed by atoms with Crippen molar-refractivity contribution in [3.63, 3.8) is 0 Å². The van der Waals surface area contributed by atoms with Gasteiger partial charge in [0.05, 0.1) is 28.5 Å². The molecule has 0 spiro atoms. The number of aromatic hydroxyl groups is 1. The van der Waals surface area contributed by atoms with Gasteiger partial charge in [-0.15, -0.1) is 16.3 Å². The number of benzene rings is 1. The van der Waals surface area contributed by atoms with Gasteiger partial charge in [-0.1, -0.05) is 6.07 Å². The second-order valence-corrected chi connectivity index (χ2v) is 7.68. The lowest BCUT2D eigenvalue weighted by Gasteiger charge is -2.14. The van der Waals surface area contributed by atoms with E-state index < -0.39 is 28.8 Å². The van der Waals surface area contributed by atoms with Crippen molar-refractivity contribution >= 4 is 17.3 Å². The Balaban J connectivity index is 1.92. The smallest absolute Gasteiger partial charge is 0.209 e. The van der Waals surface area contributed by atoms with E-state index >= 15 is 0 Å². The van der Waals surface area contributed by atoms with Crippen LogP contribution in [0, 0.1) is 35.8 Å². The molecule has 31 heavy (non-hydrogen) atoms. The summed E-state index contributed by atoms with van der Waals surface area (Å²) in [7, 11) is 3.48. The quantitative estimate of drug-likeness (QED) is 0.274. The van der Waals surface area contributed by atoms with Crippen LogP contribution >= 0.6 is 11.3 Å². The van der Waals surface area contributed by atoms with Crippen molar-refractivity contribution in [3.8, 4) is 33.8 Å². The van der Waals surface area contributed by atoms with Crippen LogP contribution in [0.25, 0.3) is 21.8 Å². The first kappa shape index (κ1) is 22.0. The Morgan fingerprint density at radius 2 is 1.94 bits per heavy atom. The number of aromatic nitrogens is 2. The van der Waals surface area contributed by atoms with Crippen molar-refractivity contribution in [3.05, 3.63) is 52.4 Å². The molecule has 2 N–H and O–H groups in total. The highest BCUT2D eigenvalue weighted by molar-refractivity contribution is 7.15. The minimum Gasteiger partial charge on any atom is -0.503 e. The first-order valence-electron chi connectivity index (χ1n) is 8.91. The third-order valence-corrected chi connectivity index (χ3v) is 5.39. The number of pyridine rings is 1. The maximum Gasteiger partial charge on any atom is 0.209 e. The predicted octanol–water partition coefficient (Wildman–Crippen LogP) is 3.79. The number of aliphatic imine (C=N–C) groups is 1. The van der Waals surface area contributed by atoms with Gasteiger partial charge in [0, 0.05) is 19.7 Å². The van der Waals surface area contributed by atoms with Gasteiger partial charge in [-0.2, -0.15) is 9.65 Å². The van der Waals surface area contributed by atoms with Crippen molar-refractivity contribution < 1.29 is 18.3 Å². The minimum absolute atomic E-state index is 0.0105. The summed E-state index contributed by atoms with van der Waals surface area (Å²) in [5.74, 6) is -5.32. The number of nitriles is 1. The van der Waals surface area contributed by atoms with Crippen LogP contribution in [0.3, 0.4) is 0 Å². The Kier molecular flexibility index (Phi) is 6.41. The molecule has 1 aromatic carbocycles. The zero-order chi connectivity index (χ0) is 22.7. The normalized spacial score (nSPS) is 11.3. The zero-order valence-corrected chi connectivity index (χ0v) is 17.6. The fourth-order valence-corrected chi connectivity index (χ4v) is 3.72. The fraction of sp³-hybridized carbons (Fsp3) is 0.200. The zero-order valence-electron chi connectivity index (χ0n) is 16.7. The minimum atomic E-state index is -1.67. The van der Waals surface area contributed by atoms with E-state index in [0.717, 1.165) is 0 Å². The van der Waals surface area contributed by atoms with Gasteiger partial charge in [0.15, 0.2) is 17.4 Å². The second-order valence-electron chi connectivity index (χ2n) is 6.60. The molecule has 0 saturated carbocycles. The number of nitrogens with one attached hydrogen (secondary N) is 1. The number of phenolic OH excluding ortho intramolecular Hbond substituents is 1. The van der Waals surface area contributed by atoms with E-state index in [2.05, 4.69) is 20.3 Å². The third-order valence-electron chi connectivity index (χ3n) is 4.21. The fourth-order valence-electron chi connectivity index (χ4n) is 2.75. The van der Waals surface area contributed by atoms with Crippen molar-refractivity contribution in [2.24, 2.45) is 4.99 Å². The maximum absolute atomic E-state index is 14.3. The molecule has 0 aliphatic carbocycles. The lowest BCUT2D eigenvalue weighted by atomic mass is 10.1. The average Bonchev–Trinajstić information content (AvgIpc) is 3.12. The molecule has 0 fully saturated rings. The number of nitrogens with zero attached hydrogens (tertiary/aromatic N) is 5. The van der Waals surface area contributed by atoms with E-state index in [-0.39, 0.29) is 5.69 Å². The molecular weight excluding hydrogens is 429 g/mol. The van der Waals surface area contributed by atoms with Crippen LogP contribution in [-0.4, -0.2) is 40.0 Å². The third kappa shape index (κ3) is 4.59. The lowest BCUT2D eigenvalue weighted by Crippen LogP contribution is -2.35. The number of hydrogen-bond donors (Lipinski definition) is 2. The molecule has 0 bridgehead atoms. The van der Waals surface area contributed by atoms with Crippen LogP contribution in [0.4, 0.5) is 13.2 Å². The van der Waals surface area contributed by atoms with E-state index in [1.165, 1.54) is 17.4 Å². The Bertz CT molecular complexity index is 1200. The predicted molar refractivity (Wildman–Crippen MR) is 111 cm³/mol. The molecule has 160 valence electrons. The average molecular weight is 446 g/mol. The summed E-state index contributed by atoms with van der Waals surface area (Å²) < 4.78 is 41.7. The Hall–Kier alpha value is -3.65. The van der Waals surface area contributed by atoms with Gasteiger partial charge in [0.25, 0.3) is 0 Å². The first-order chi connectivity index (χ1) is 14.7. The molecular formula is C20H17F3N6OS. The highest BCUT2D eigenvalue weighted by Gasteiger charge is 2.21. The van der Waals surface area contributed by atoms with Gasteiger partial charge in [0.1, 0.15) is 5.01 Å². The van der Waals surface area contributed by atoms with Gasteiger partial charge in [0.2, 0.25) is 18.0 Å². The van der Waals surface area contributed by atoms with Crippen LogP contribution in [0.1, 0.15) is 10.7 Å². The molecule has 3 rings (SSSR count). The van der Waals surface area contributed by atoms with Crippen LogP contribution in [0.15, 0.2) is 29.3 Å². The van der Waals surface area contributed by atoms with Crippen molar-refractivity contribution in [1.29, 1.82) is 5.26 Å². The summed E-state index contributed by atoms with van der Waals surface area (Å²) in [6.45, 7) is 2.09. The molecule has 0 aliphatic heterocycles. The van der Waals surface area contributed by atoms with E-state index in [1.807, 2.05) is 0 Å². The highest BCUT2D eigenvalue weighted by Crippen LogP contribution is 2.34. The first-order valence-corrected chi connectivity index (χ1v) is 9.73. The second kappa shape index (κ2) is 9.01. The van der Waals surface area contributed by atoms with Gasteiger partial charge in [-0.05, 0) is 25.1 Å². The van der Waals surface area contributed by atoms with E-state index in [0.29, 0.717) is 39.8 Å². The van der Waals surface area contributed by atoms with Gasteiger partial charge >= 0.3 is 0 Å². The molecule has 0 saturated heterocycles. The maximum atomic E-state index is 14.3. The summed E-state index contributed by atoms with van der Waals surface area (Å²) in [5, 5.41) is 21.7. The number of rotatable bonds is 4. The molecule has 0 radical (unpaired) electrons. The summed E-state index contributed by atoms with van der Waals surface area (Å²) in [4.78, 5) is 14.8. The number of aryl methyl sites for hydroxylation is 1. The molecule has 0 aliphatic rings. The monoisotopic (exact) mass is 446 g/mol. The summed E-state index contributed by atoms with van der Waals surface area (Å²) in [5.41, 5.74) is 0.725. The molecule has 0 unspecified atom stereocenters. The lowest BCUT2D eigenvalue weighted by molar-refractivity contribution is 0.377. The molecule has 2 heterocycles. The van der Waals surface area contributed by atoms with Crippen LogP contribution in [0.5, 0.6) is 5.75 Å².